The van der Waals surface area contributed by atoms with Crippen LogP contribution in [-0.4, -0.2) is 20.6 Å². The molecule has 1 aromatic heterocycles. The van der Waals surface area contributed by atoms with Crippen molar-refractivity contribution in [3.8, 4) is 5.69 Å². The third kappa shape index (κ3) is 2.52. The lowest BCUT2D eigenvalue weighted by Gasteiger charge is -2.19. The van der Waals surface area contributed by atoms with E-state index in [0.717, 1.165) is 24.1 Å². The van der Waals surface area contributed by atoms with Crippen LogP contribution in [0.25, 0.3) is 5.69 Å². The number of para-hydroxylation sites is 1. The van der Waals surface area contributed by atoms with Gasteiger partial charge in [-0.2, -0.15) is 0 Å². The fourth-order valence-electron chi connectivity index (χ4n) is 2.66. The normalized spacial score (nSPS) is 16.2. The zero-order valence-corrected chi connectivity index (χ0v) is 10.6. The first-order valence-corrected chi connectivity index (χ1v) is 6.55. The van der Waals surface area contributed by atoms with Crippen LogP contribution in [0.5, 0.6) is 0 Å². The maximum Gasteiger partial charge on any atom is 0.303 e. The second-order valence-corrected chi connectivity index (χ2v) is 5.07. The summed E-state index contributed by atoms with van der Waals surface area (Å²) < 4.78 is 1.95. The number of hydrogen-bond donors (Lipinski definition) is 1. The quantitative estimate of drug-likeness (QED) is 0.895. The van der Waals surface area contributed by atoms with E-state index in [1.165, 1.54) is 0 Å². The lowest BCUT2D eigenvalue weighted by atomic mass is 9.89. The highest BCUT2D eigenvalue weighted by atomic mass is 16.4. The van der Waals surface area contributed by atoms with Gasteiger partial charge in [-0.05, 0) is 36.3 Å². The van der Waals surface area contributed by atoms with Crippen LogP contribution in [0.3, 0.4) is 0 Å². The first-order chi connectivity index (χ1) is 9.25. The molecule has 98 valence electrons. The summed E-state index contributed by atoms with van der Waals surface area (Å²) in [5, 5.41) is 9.12. The Labute approximate surface area is 111 Å². The fraction of sp³-hybridized carbons (Fsp3) is 0.333. The average molecular weight is 256 g/mol. The maximum absolute atomic E-state index is 11.1. The van der Waals surface area contributed by atoms with E-state index in [0.29, 0.717) is 5.92 Å². The number of carboxylic acids is 1. The summed E-state index contributed by atoms with van der Waals surface area (Å²) in [6, 6.07) is 8.02. The molecular formula is C15H16N2O2. The molecular weight excluding hydrogens is 240 g/mol. The third-order valence-corrected chi connectivity index (χ3v) is 3.70. The van der Waals surface area contributed by atoms with Crippen LogP contribution in [0, 0.1) is 5.92 Å². The molecule has 0 amide bonds. The predicted molar refractivity (Wildman–Crippen MR) is 71.3 cm³/mol. The summed E-state index contributed by atoms with van der Waals surface area (Å²) in [4.78, 5) is 15.2. The molecule has 19 heavy (non-hydrogen) atoms. The lowest BCUT2D eigenvalue weighted by molar-refractivity contribution is -0.137. The van der Waals surface area contributed by atoms with Gasteiger partial charge >= 0.3 is 5.97 Å². The second kappa shape index (κ2) is 4.88. The van der Waals surface area contributed by atoms with Crippen molar-refractivity contribution in [1.82, 2.24) is 9.55 Å². The maximum atomic E-state index is 11.1. The summed E-state index contributed by atoms with van der Waals surface area (Å²) in [5.74, 6) is -0.103. The molecule has 3 rings (SSSR count). The van der Waals surface area contributed by atoms with E-state index in [1.807, 2.05) is 35.0 Å². The van der Waals surface area contributed by atoms with E-state index >= 15 is 0 Å². The van der Waals surface area contributed by atoms with Crippen molar-refractivity contribution in [3.63, 3.8) is 0 Å². The first-order valence-electron chi connectivity index (χ1n) is 6.55. The van der Waals surface area contributed by atoms with Crippen molar-refractivity contribution >= 4 is 5.97 Å². The Morgan fingerprint density at radius 1 is 1.42 bits per heavy atom. The second-order valence-electron chi connectivity index (χ2n) is 5.07. The number of nitrogens with zero attached hydrogens (tertiary/aromatic N) is 2. The van der Waals surface area contributed by atoms with Gasteiger partial charge in [0.15, 0.2) is 0 Å². The summed E-state index contributed by atoms with van der Waals surface area (Å²) in [5.41, 5.74) is 2.16. The molecule has 0 aliphatic heterocycles. The number of rotatable bonds is 5. The summed E-state index contributed by atoms with van der Waals surface area (Å²) in [6.07, 6.45) is 7.86. The number of benzene rings is 1. The van der Waals surface area contributed by atoms with Gasteiger partial charge in [0.1, 0.15) is 0 Å². The van der Waals surface area contributed by atoms with Crippen molar-refractivity contribution in [2.45, 2.75) is 25.2 Å². The van der Waals surface area contributed by atoms with Gasteiger partial charge in [-0.3, -0.25) is 4.79 Å². The molecule has 1 aliphatic rings. The number of aliphatic carboxylic acids is 1. The lowest BCUT2D eigenvalue weighted by Crippen LogP contribution is -2.11. The minimum atomic E-state index is -0.725. The van der Waals surface area contributed by atoms with Gasteiger partial charge in [-0.25, -0.2) is 4.98 Å². The first kappa shape index (κ1) is 12.0. The molecule has 2 aromatic rings. The van der Waals surface area contributed by atoms with Gasteiger partial charge in [-0.15, -0.1) is 0 Å². The van der Waals surface area contributed by atoms with Gasteiger partial charge in [0.05, 0.1) is 12.7 Å². The van der Waals surface area contributed by atoms with Gasteiger partial charge in [0, 0.05) is 18.1 Å². The Morgan fingerprint density at radius 3 is 2.84 bits per heavy atom. The van der Waals surface area contributed by atoms with Crippen LogP contribution < -0.4 is 0 Å². The molecule has 1 fully saturated rings. The minimum Gasteiger partial charge on any atom is -0.481 e. The average Bonchev–Trinajstić information content (AvgIpc) is 3.10. The molecule has 0 radical (unpaired) electrons. The van der Waals surface area contributed by atoms with E-state index in [9.17, 15) is 4.79 Å². The van der Waals surface area contributed by atoms with Gasteiger partial charge in [-0.1, -0.05) is 18.2 Å². The molecule has 4 nitrogen and oxygen atoms in total. The molecule has 1 unspecified atom stereocenters. The van der Waals surface area contributed by atoms with Crippen LogP contribution in [0.2, 0.25) is 0 Å². The molecule has 1 aromatic carbocycles. The Hall–Kier alpha value is -2.10. The number of hydrogen-bond acceptors (Lipinski definition) is 2. The van der Waals surface area contributed by atoms with Crippen LogP contribution in [0.15, 0.2) is 43.0 Å². The van der Waals surface area contributed by atoms with Crippen LogP contribution >= 0.6 is 0 Å². The van der Waals surface area contributed by atoms with E-state index < -0.39 is 5.97 Å². The van der Waals surface area contributed by atoms with Gasteiger partial charge in [0.2, 0.25) is 0 Å². The van der Waals surface area contributed by atoms with E-state index in [2.05, 4.69) is 4.98 Å². The molecule has 1 heterocycles. The van der Waals surface area contributed by atoms with Crippen molar-refractivity contribution in [2.24, 2.45) is 5.92 Å². The Morgan fingerprint density at radius 2 is 2.21 bits per heavy atom. The number of carbonyl (C=O) groups is 1. The summed E-state index contributed by atoms with van der Waals surface area (Å²) in [7, 11) is 0. The van der Waals surface area contributed by atoms with Crippen LogP contribution in [0.4, 0.5) is 0 Å². The largest absolute Gasteiger partial charge is 0.481 e. The highest BCUT2D eigenvalue weighted by Gasteiger charge is 2.34. The van der Waals surface area contributed by atoms with Gasteiger partial charge in [0.25, 0.3) is 0 Å². The van der Waals surface area contributed by atoms with Crippen molar-refractivity contribution < 1.29 is 9.90 Å². The van der Waals surface area contributed by atoms with Crippen molar-refractivity contribution in [3.05, 3.63) is 48.5 Å². The number of carboxylic acid groups (broad SMARTS) is 1. The van der Waals surface area contributed by atoms with Gasteiger partial charge < -0.3 is 9.67 Å². The van der Waals surface area contributed by atoms with E-state index in [-0.39, 0.29) is 12.3 Å². The molecule has 0 saturated heterocycles. The molecule has 1 N–H and O–H groups in total. The fourth-order valence-corrected chi connectivity index (χ4v) is 2.66. The zero-order chi connectivity index (χ0) is 13.2. The number of imidazole rings is 1. The SMILES string of the molecule is O=C(O)CC(c1ccccc1-n1ccnc1)C1CC1. The van der Waals surface area contributed by atoms with Crippen molar-refractivity contribution in [1.29, 1.82) is 0 Å². The predicted octanol–water partition coefficient (Wildman–Crippen LogP) is 2.84. The Kier molecular flexibility index (Phi) is 3.07. The molecule has 4 heteroatoms. The zero-order valence-electron chi connectivity index (χ0n) is 10.6. The molecule has 0 spiro atoms. The Balaban J connectivity index is 2.00. The monoisotopic (exact) mass is 256 g/mol. The van der Waals surface area contributed by atoms with Crippen LogP contribution in [0.1, 0.15) is 30.7 Å². The molecule has 0 bridgehead atoms. The number of aromatic nitrogens is 2. The molecule has 1 saturated carbocycles. The minimum absolute atomic E-state index is 0.107. The van der Waals surface area contributed by atoms with Crippen molar-refractivity contribution in [2.75, 3.05) is 0 Å². The van der Waals surface area contributed by atoms with E-state index in [4.69, 9.17) is 5.11 Å². The topological polar surface area (TPSA) is 55.1 Å². The van der Waals surface area contributed by atoms with Crippen LogP contribution in [-0.2, 0) is 4.79 Å². The Bertz CT molecular complexity index is 574. The summed E-state index contributed by atoms with van der Waals surface area (Å²) >= 11 is 0. The highest BCUT2D eigenvalue weighted by Crippen LogP contribution is 2.45. The smallest absolute Gasteiger partial charge is 0.303 e. The molecule has 1 aliphatic carbocycles. The summed E-state index contributed by atoms with van der Waals surface area (Å²) in [6.45, 7) is 0. The molecule has 1 atom stereocenters. The third-order valence-electron chi connectivity index (χ3n) is 3.70. The van der Waals surface area contributed by atoms with E-state index in [1.54, 1.807) is 12.5 Å². The highest BCUT2D eigenvalue weighted by molar-refractivity contribution is 5.68. The standard InChI is InChI=1S/C15H16N2O2/c18-15(19)9-13(11-5-6-11)12-3-1-2-4-14(12)17-8-7-16-10-17/h1-4,7-8,10-11,13H,5-6,9H2,(H,18,19).